The molecule has 0 unspecified atom stereocenters. The maximum absolute atomic E-state index is 12.4. The number of benzene rings is 2. The largest absolute Gasteiger partial charge is 0.497 e. The molecule has 0 spiro atoms. The number of amides is 1. The van der Waals surface area contributed by atoms with Crippen LogP contribution in [0.2, 0.25) is 0 Å². The van der Waals surface area contributed by atoms with E-state index in [0.29, 0.717) is 17.2 Å². The second-order valence-electron chi connectivity index (χ2n) is 5.68. The number of nitrogens with one attached hydrogen (secondary N) is 1. The molecular formula is C21H21NO4. The van der Waals surface area contributed by atoms with Crippen LogP contribution in [-0.2, 0) is 11.2 Å². The molecule has 26 heavy (non-hydrogen) atoms. The lowest BCUT2D eigenvalue weighted by Crippen LogP contribution is -2.09. The first-order valence-corrected chi connectivity index (χ1v) is 8.37. The number of carbonyl (C=O) groups excluding carboxylic acids is 1. The molecule has 0 saturated carbocycles. The third-order valence-corrected chi connectivity index (χ3v) is 4.10. The van der Waals surface area contributed by atoms with Gasteiger partial charge in [-0.1, -0.05) is 25.1 Å². The summed E-state index contributed by atoms with van der Waals surface area (Å²) in [6.45, 7) is 2.02. The van der Waals surface area contributed by atoms with Gasteiger partial charge in [0.25, 0.3) is 0 Å². The first-order chi connectivity index (χ1) is 12.7. The van der Waals surface area contributed by atoms with Crippen LogP contribution in [0.3, 0.4) is 0 Å². The summed E-state index contributed by atoms with van der Waals surface area (Å²) in [7, 11) is 3.13. The average molecular weight is 351 g/mol. The number of furan rings is 1. The molecule has 0 atom stereocenters. The van der Waals surface area contributed by atoms with Crippen molar-refractivity contribution >= 4 is 28.6 Å². The Labute approximate surface area is 152 Å². The van der Waals surface area contributed by atoms with E-state index in [0.717, 1.165) is 28.7 Å². The lowest BCUT2D eigenvalue weighted by molar-refractivity contribution is -0.111. The monoisotopic (exact) mass is 351 g/mol. The molecule has 0 radical (unpaired) electrons. The molecule has 5 nitrogen and oxygen atoms in total. The fraction of sp³-hybridized carbons (Fsp3) is 0.190. The lowest BCUT2D eigenvalue weighted by Gasteiger charge is -2.10. The predicted octanol–water partition coefficient (Wildman–Crippen LogP) is 4.66. The van der Waals surface area contributed by atoms with Gasteiger partial charge in [0, 0.05) is 29.5 Å². The van der Waals surface area contributed by atoms with Gasteiger partial charge in [-0.25, -0.2) is 0 Å². The molecule has 3 rings (SSSR count). The van der Waals surface area contributed by atoms with Gasteiger partial charge in [0.15, 0.2) is 0 Å². The Morgan fingerprint density at radius 3 is 2.69 bits per heavy atom. The van der Waals surface area contributed by atoms with E-state index in [4.69, 9.17) is 13.9 Å². The number of aryl methyl sites for hydroxylation is 1. The molecule has 0 fully saturated rings. The summed E-state index contributed by atoms with van der Waals surface area (Å²) in [5, 5.41) is 3.82. The molecule has 3 aromatic rings. The highest BCUT2D eigenvalue weighted by molar-refractivity contribution is 6.04. The van der Waals surface area contributed by atoms with Crippen molar-refractivity contribution in [3.05, 3.63) is 59.9 Å². The van der Waals surface area contributed by atoms with Crippen molar-refractivity contribution in [1.82, 2.24) is 0 Å². The van der Waals surface area contributed by atoms with Gasteiger partial charge in [-0.05, 0) is 24.3 Å². The molecule has 1 heterocycles. The molecule has 0 saturated heterocycles. The van der Waals surface area contributed by atoms with Gasteiger partial charge in [0.2, 0.25) is 5.91 Å². The topological polar surface area (TPSA) is 60.7 Å². The van der Waals surface area contributed by atoms with E-state index in [1.807, 2.05) is 31.2 Å². The van der Waals surface area contributed by atoms with Gasteiger partial charge in [-0.15, -0.1) is 0 Å². The van der Waals surface area contributed by atoms with Crippen molar-refractivity contribution in [3.8, 4) is 11.5 Å². The molecule has 2 aromatic carbocycles. The maximum Gasteiger partial charge on any atom is 0.248 e. The molecular weight excluding hydrogens is 330 g/mol. The Morgan fingerprint density at radius 1 is 1.15 bits per heavy atom. The molecule has 0 aliphatic rings. The number of methoxy groups -OCH3 is 2. The average Bonchev–Trinajstić information content (AvgIpc) is 3.04. The molecule has 0 aliphatic carbocycles. The van der Waals surface area contributed by atoms with Crippen molar-refractivity contribution < 1.29 is 18.7 Å². The van der Waals surface area contributed by atoms with Gasteiger partial charge >= 0.3 is 0 Å². The summed E-state index contributed by atoms with van der Waals surface area (Å²) < 4.78 is 16.3. The van der Waals surface area contributed by atoms with Crippen molar-refractivity contribution in [1.29, 1.82) is 0 Å². The molecule has 1 N–H and O–H groups in total. The van der Waals surface area contributed by atoms with Gasteiger partial charge < -0.3 is 19.2 Å². The summed E-state index contributed by atoms with van der Waals surface area (Å²) in [6, 6.07) is 13.0. The minimum Gasteiger partial charge on any atom is -0.497 e. The Kier molecular flexibility index (Phi) is 5.27. The first kappa shape index (κ1) is 17.6. The van der Waals surface area contributed by atoms with Crippen LogP contribution >= 0.6 is 0 Å². The highest BCUT2D eigenvalue weighted by Gasteiger charge is 2.11. The summed E-state index contributed by atoms with van der Waals surface area (Å²) in [5.41, 5.74) is 2.30. The molecule has 1 aromatic heterocycles. The van der Waals surface area contributed by atoms with Crippen LogP contribution in [0.5, 0.6) is 11.5 Å². The van der Waals surface area contributed by atoms with Crippen LogP contribution in [-0.4, -0.2) is 20.1 Å². The zero-order valence-corrected chi connectivity index (χ0v) is 15.0. The zero-order chi connectivity index (χ0) is 18.5. The summed E-state index contributed by atoms with van der Waals surface area (Å²) in [4.78, 5) is 12.4. The highest BCUT2D eigenvalue weighted by atomic mass is 16.5. The minimum atomic E-state index is -0.260. The number of ether oxygens (including phenoxy) is 2. The van der Waals surface area contributed by atoms with Gasteiger partial charge in [0.1, 0.15) is 22.8 Å². The third kappa shape index (κ3) is 3.57. The van der Waals surface area contributed by atoms with Crippen LogP contribution in [0.25, 0.3) is 17.0 Å². The minimum absolute atomic E-state index is 0.260. The van der Waals surface area contributed by atoms with E-state index < -0.39 is 0 Å². The second-order valence-corrected chi connectivity index (χ2v) is 5.68. The molecule has 0 aliphatic heterocycles. The number of rotatable bonds is 6. The van der Waals surface area contributed by atoms with Crippen molar-refractivity contribution in [2.45, 2.75) is 13.3 Å². The number of carbonyl (C=O) groups is 1. The Balaban J connectivity index is 1.85. The number of hydrogen-bond acceptors (Lipinski definition) is 4. The standard InChI is InChI=1S/C21H21NO4/c1-4-18-16(15-7-5-6-8-19(15)26-18)10-12-21(23)22-17-13-14(24-2)9-11-20(17)25-3/h5-13H,4H2,1-3H3,(H,22,23). The molecule has 134 valence electrons. The van der Waals surface area contributed by atoms with Crippen LogP contribution in [0.15, 0.2) is 53.0 Å². The predicted molar refractivity (Wildman–Crippen MR) is 103 cm³/mol. The quantitative estimate of drug-likeness (QED) is 0.656. The van der Waals surface area contributed by atoms with Gasteiger partial charge in [0.05, 0.1) is 19.9 Å². The SMILES string of the molecule is CCc1oc2ccccc2c1C=CC(=O)Nc1cc(OC)ccc1OC. The maximum atomic E-state index is 12.4. The molecule has 0 bridgehead atoms. The normalized spacial score (nSPS) is 11.0. The number of para-hydroxylation sites is 1. The van der Waals surface area contributed by atoms with E-state index in [1.54, 1.807) is 38.5 Å². The summed E-state index contributed by atoms with van der Waals surface area (Å²) >= 11 is 0. The third-order valence-electron chi connectivity index (χ3n) is 4.10. The Bertz CT molecular complexity index is 956. The van der Waals surface area contributed by atoms with E-state index >= 15 is 0 Å². The van der Waals surface area contributed by atoms with Crippen LogP contribution < -0.4 is 14.8 Å². The van der Waals surface area contributed by atoms with Crippen LogP contribution in [0.4, 0.5) is 5.69 Å². The molecule has 5 heteroatoms. The van der Waals surface area contributed by atoms with Gasteiger partial charge in [-0.3, -0.25) is 4.79 Å². The summed E-state index contributed by atoms with van der Waals surface area (Å²) in [5.74, 6) is 1.80. The van der Waals surface area contributed by atoms with E-state index in [2.05, 4.69) is 5.32 Å². The fourth-order valence-electron chi connectivity index (χ4n) is 2.81. The van der Waals surface area contributed by atoms with Crippen molar-refractivity contribution in [2.24, 2.45) is 0 Å². The van der Waals surface area contributed by atoms with E-state index in [-0.39, 0.29) is 5.91 Å². The van der Waals surface area contributed by atoms with Crippen molar-refractivity contribution in [2.75, 3.05) is 19.5 Å². The Morgan fingerprint density at radius 2 is 1.96 bits per heavy atom. The van der Waals surface area contributed by atoms with E-state index in [9.17, 15) is 4.79 Å². The number of anilines is 1. The summed E-state index contributed by atoms with van der Waals surface area (Å²) in [6.07, 6.45) is 4.03. The number of fused-ring (bicyclic) bond motifs is 1. The Hall–Kier alpha value is -3.21. The smallest absolute Gasteiger partial charge is 0.248 e. The van der Waals surface area contributed by atoms with E-state index in [1.165, 1.54) is 6.08 Å². The first-order valence-electron chi connectivity index (χ1n) is 8.37. The van der Waals surface area contributed by atoms with Crippen molar-refractivity contribution in [3.63, 3.8) is 0 Å². The van der Waals surface area contributed by atoms with Gasteiger partial charge in [-0.2, -0.15) is 0 Å². The second kappa shape index (κ2) is 7.78. The molecule has 1 amide bonds. The zero-order valence-electron chi connectivity index (χ0n) is 15.0. The van der Waals surface area contributed by atoms with Crippen LogP contribution in [0.1, 0.15) is 18.2 Å². The number of hydrogen-bond donors (Lipinski definition) is 1. The van der Waals surface area contributed by atoms with Crippen LogP contribution in [0, 0.1) is 0 Å². The fourth-order valence-corrected chi connectivity index (χ4v) is 2.81. The lowest BCUT2D eigenvalue weighted by atomic mass is 10.1. The highest BCUT2D eigenvalue weighted by Crippen LogP contribution is 2.30.